The molecule has 2 aliphatic heterocycles. The number of carbonyl (C=O) groups excluding carboxylic acids is 1. The number of hydrogen-bond donors (Lipinski definition) is 0. The molecule has 0 bridgehead atoms. The Bertz CT molecular complexity index is 257. The number of esters is 1. The van der Waals surface area contributed by atoms with Crippen LogP contribution in [0.3, 0.4) is 0 Å². The highest BCUT2D eigenvalue weighted by Gasteiger charge is 2.38. The number of rotatable bonds is 4. The molecule has 0 N–H and O–H groups in total. The third-order valence-electron chi connectivity index (χ3n) is 3.82. The molecule has 2 heterocycles. The lowest BCUT2D eigenvalue weighted by Gasteiger charge is -2.40. The number of methoxy groups -OCH3 is 1. The average molecular weight is 227 g/mol. The third kappa shape index (κ3) is 2.23. The van der Waals surface area contributed by atoms with Crippen LogP contribution >= 0.6 is 0 Å². The maximum Gasteiger partial charge on any atom is 0.323 e. The van der Waals surface area contributed by atoms with Gasteiger partial charge in [0.25, 0.3) is 0 Å². The van der Waals surface area contributed by atoms with Crippen LogP contribution in [0, 0.1) is 5.92 Å². The van der Waals surface area contributed by atoms with Crippen molar-refractivity contribution in [2.75, 3.05) is 26.8 Å². The lowest BCUT2D eigenvalue weighted by molar-refractivity contribution is -0.152. The fraction of sp³-hybridized carbons (Fsp3) is 0.917. The van der Waals surface area contributed by atoms with Crippen LogP contribution < -0.4 is 0 Å². The summed E-state index contributed by atoms with van der Waals surface area (Å²) in [5.74, 6) is 0.510. The number of likely N-dealkylation sites (tertiary alicyclic amines) is 1. The minimum atomic E-state index is -0.0850. The van der Waals surface area contributed by atoms with Gasteiger partial charge in [-0.3, -0.25) is 9.69 Å². The molecule has 92 valence electrons. The second-order valence-electron chi connectivity index (χ2n) is 4.69. The van der Waals surface area contributed by atoms with Gasteiger partial charge in [0.2, 0.25) is 0 Å². The van der Waals surface area contributed by atoms with Gasteiger partial charge in [-0.25, -0.2) is 0 Å². The topological polar surface area (TPSA) is 38.8 Å². The Morgan fingerprint density at radius 1 is 1.50 bits per heavy atom. The number of nitrogens with zero attached hydrogens (tertiary/aromatic N) is 1. The Kier molecular flexibility index (Phi) is 3.82. The maximum atomic E-state index is 11.4. The summed E-state index contributed by atoms with van der Waals surface area (Å²) in [4.78, 5) is 13.7. The molecule has 0 aromatic heterocycles. The van der Waals surface area contributed by atoms with Crippen LogP contribution in [0.5, 0.6) is 0 Å². The van der Waals surface area contributed by atoms with Gasteiger partial charge in [-0.15, -0.1) is 0 Å². The van der Waals surface area contributed by atoms with Gasteiger partial charge in [0.15, 0.2) is 0 Å². The van der Waals surface area contributed by atoms with Crippen LogP contribution in [0.1, 0.15) is 26.2 Å². The Morgan fingerprint density at radius 2 is 2.31 bits per heavy atom. The van der Waals surface area contributed by atoms with Crippen LogP contribution in [0.4, 0.5) is 0 Å². The van der Waals surface area contributed by atoms with Crippen LogP contribution in [0.15, 0.2) is 0 Å². The van der Waals surface area contributed by atoms with Gasteiger partial charge in [-0.1, -0.05) is 6.92 Å². The summed E-state index contributed by atoms with van der Waals surface area (Å²) in [6, 6.07) is 0.00288. The largest absolute Gasteiger partial charge is 0.468 e. The zero-order valence-electron chi connectivity index (χ0n) is 10.1. The minimum absolute atomic E-state index is 0.00288. The summed E-state index contributed by atoms with van der Waals surface area (Å²) in [6.07, 6.45) is 3.53. The van der Waals surface area contributed by atoms with Crippen molar-refractivity contribution in [3.8, 4) is 0 Å². The Balaban J connectivity index is 1.83. The van der Waals surface area contributed by atoms with E-state index in [4.69, 9.17) is 9.47 Å². The summed E-state index contributed by atoms with van der Waals surface area (Å²) in [5.41, 5.74) is 0. The van der Waals surface area contributed by atoms with E-state index in [1.807, 2.05) is 0 Å². The lowest BCUT2D eigenvalue weighted by atomic mass is 9.94. The van der Waals surface area contributed by atoms with E-state index in [9.17, 15) is 4.79 Å². The zero-order valence-corrected chi connectivity index (χ0v) is 10.1. The van der Waals surface area contributed by atoms with E-state index in [2.05, 4.69) is 11.8 Å². The number of carbonyl (C=O) groups is 1. The molecular weight excluding hydrogens is 206 g/mol. The maximum absolute atomic E-state index is 11.4. The molecule has 0 radical (unpaired) electrons. The van der Waals surface area contributed by atoms with Crippen molar-refractivity contribution in [1.82, 2.24) is 4.90 Å². The van der Waals surface area contributed by atoms with Gasteiger partial charge in [-0.05, 0) is 25.2 Å². The first-order valence-corrected chi connectivity index (χ1v) is 6.19. The molecule has 2 saturated heterocycles. The molecule has 3 unspecified atom stereocenters. The predicted molar refractivity (Wildman–Crippen MR) is 60.1 cm³/mol. The van der Waals surface area contributed by atoms with Crippen molar-refractivity contribution >= 4 is 5.97 Å². The smallest absolute Gasteiger partial charge is 0.323 e. The lowest BCUT2D eigenvalue weighted by Crippen LogP contribution is -2.54. The summed E-state index contributed by atoms with van der Waals surface area (Å²) in [5, 5.41) is 0. The van der Waals surface area contributed by atoms with Gasteiger partial charge in [0.1, 0.15) is 6.04 Å². The summed E-state index contributed by atoms with van der Waals surface area (Å²) in [6.45, 7) is 5.04. The Hall–Kier alpha value is -0.610. The van der Waals surface area contributed by atoms with Crippen molar-refractivity contribution < 1.29 is 14.3 Å². The van der Waals surface area contributed by atoms with Gasteiger partial charge < -0.3 is 9.47 Å². The molecule has 2 fully saturated rings. The monoisotopic (exact) mass is 227 g/mol. The van der Waals surface area contributed by atoms with Gasteiger partial charge in [-0.2, -0.15) is 0 Å². The van der Waals surface area contributed by atoms with Crippen LogP contribution in [-0.4, -0.2) is 49.8 Å². The normalized spacial score (nSPS) is 34.8. The molecule has 0 aliphatic carbocycles. The SMILES string of the molecule is CCC1OCCC1CN1CCC1C(=O)OC. The van der Waals surface area contributed by atoms with E-state index in [-0.39, 0.29) is 12.0 Å². The van der Waals surface area contributed by atoms with Crippen molar-refractivity contribution in [3.63, 3.8) is 0 Å². The third-order valence-corrected chi connectivity index (χ3v) is 3.82. The van der Waals surface area contributed by atoms with Crippen molar-refractivity contribution in [2.24, 2.45) is 5.92 Å². The zero-order chi connectivity index (χ0) is 11.5. The molecule has 2 rings (SSSR count). The molecule has 16 heavy (non-hydrogen) atoms. The van der Waals surface area contributed by atoms with Crippen molar-refractivity contribution in [3.05, 3.63) is 0 Å². The van der Waals surface area contributed by atoms with Crippen molar-refractivity contribution in [2.45, 2.75) is 38.3 Å². The van der Waals surface area contributed by atoms with E-state index in [0.717, 1.165) is 39.0 Å². The second kappa shape index (κ2) is 5.15. The molecule has 0 saturated carbocycles. The minimum Gasteiger partial charge on any atom is -0.468 e. The van der Waals surface area contributed by atoms with Crippen LogP contribution in [0.2, 0.25) is 0 Å². The standard InChI is InChI=1S/C12H21NO3/c1-3-11-9(5-7-16-11)8-13-6-4-10(13)12(14)15-2/h9-11H,3-8H2,1-2H3. The number of hydrogen-bond acceptors (Lipinski definition) is 4. The summed E-state index contributed by atoms with van der Waals surface area (Å²) in [7, 11) is 1.46. The molecule has 0 spiro atoms. The molecule has 0 aromatic carbocycles. The molecule has 3 atom stereocenters. The van der Waals surface area contributed by atoms with Gasteiger partial charge >= 0.3 is 5.97 Å². The molecule has 2 aliphatic rings. The Labute approximate surface area is 96.9 Å². The highest BCUT2D eigenvalue weighted by Crippen LogP contribution is 2.28. The number of ether oxygens (including phenoxy) is 2. The van der Waals surface area contributed by atoms with Gasteiger partial charge in [0.05, 0.1) is 13.2 Å². The molecule has 4 nitrogen and oxygen atoms in total. The Morgan fingerprint density at radius 3 is 2.88 bits per heavy atom. The van der Waals surface area contributed by atoms with Crippen LogP contribution in [-0.2, 0) is 14.3 Å². The van der Waals surface area contributed by atoms with E-state index < -0.39 is 0 Å². The highest BCUT2D eigenvalue weighted by atomic mass is 16.5. The van der Waals surface area contributed by atoms with E-state index in [1.165, 1.54) is 7.11 Å². The highest BCUT2D eigenvalue weighted by molar-refractivity contribution is 5.76. The first-order valence-electron chi connectivity index (χ1n) is 6.19. The molecule has 4 heteroatoms. The average Bonchev–Trinajstić information content (AvgIpc) is 2.71. The quantitative estimate of drug-likeness (QED) is 0.673. The fourth-order valence-electron chi connectivity index (χ4n) is 2.72. The van der Waals surface area contributed by atoms with Crippen LogP contribution in [0.25, 0.3) is 0 Å². The predicted octanol–water partition coefficient (Wildman–Crippen LogP) is 1.05. The second-order valence-corrected chi connectivity index (χ2v) is 4.69. The van der Waals surface area contributed by atoms with E-state index >= 15 is 0 Å². The first-order chi connectivity index (χ1) is 7.76. The van der Waals surface area contributed by atoms with Gasteiger partial charge in [0, 0.05) is 19.7 Å². The fourth-order valence-corrected chi connectivity index (χ4v) is 2.72. The molecular formula is C12H21NO3. The molecule has 0 amide bonds. The van der Waals surface area contributed by atoms with Crippen molar-refractivity contribution in [1.29, 1.82) is 0 Å². The summed E-state index contributed by atoms with van der Waals surface area (Å²) >= 11 is 0. The van der Waals surface area contributed by atoms with E-state index in [1.54, 1.807) is 0 Å². The molecule has 0 aromatic rings. The summed E-state index contributed by atoms with van der Waals surface area (Å²) < 4.78 is 10.5. The first kappa shape index (κ1) is 11.9. The van der Waals surface area contributed by atoms with E-state index in [0.29, 0.717) is 12.0 Å².